The van der Waals surface area contributed by atoms with Crippen molar-refractivity contribution in [2.24, 2.45) is 0 Å². The van der Waals surface area contributed by atoms with E-state index >= 15 is 0 Å². The van der Waals surface area contributed by atoms with Crippen molar-refractivity contribution >= 4 is 15.9 Å². The van der Waals surface area contributed by atoms with Gasteiger partial charge in [-0.05, 0) is 23.6 Å². The number of halogens is 1. The van der Waals surface area contributed by atoms with Crippen LogP contribution in [0.15, 0.2) is 54.6 Å². The molecule has 0 amide bonds. The fraction of sp³-hybridized carbons (Fsp3) is 0.143. The Kier molecular flexibility index (Phi) is 3.22. The minimum absolute atomic E-state index is 0.383. The van der Waals surface area contributed by atoms with Crippen LogP contribution in [0.4, 0.5) is 0 Å². The van der Waals surface area contributed by atoms with Gasteiger partial charge in [-0.2, -0.15) is 0 Å². The molecule has 0 heterocycles. The second-order valence-corrected chi connectivity index (χ2v) is 4.94. The van der Waals surface area contributed by atoms with Crippen LogP contribution in [0.1, 0.15) is 17.3 Å². The molecule has 0 nitrogen and oxygen atoms in total. The van der Waals surface area contributed by atoms with E-state index in [0.717, 1.165) is 0 Å². The molecule has 0 saturated heterocycles. The molecule has 0 saturated carbocycles. The first-order chi connectivity index (χ1) is 7.29. The van der Waals surface area contributed by atoms with Crippen LogP contribution >= 0.6 is 15.9 Å². The van der Waals surface area contributed by atoms with Gasteiger partial charge < -0.3 is 0 Å². The highest BCUT2D eigenvalue weighted by Gasteiger charge is 2.07. The van der Waals surface area contributed by atoms with E-state index < -0.39 is 0 Å². The molecule has 1 heteroatoms. The van der Waals surface area contributed by atoms with E-state index in [1.165, 1.54) is 16.7 Å². The lowest BCUT2D eigenvalue weighted by Crippen LogP contribution is -1.88. The van der Waals surface area contributed by atoms with Gasteiger partial charge in [-0.25, -0.2) is 0 Å². The Bertz CT molecular complexity index is 432. The molecule has 0 N–H and O–H groups in total. The Morgan fingerprint density at radius 3 is 2.13 bits per heavy atom. The molecule has 15 heavy (non-hydrogen) atoms. The van der Waals surface area contributed by atoms with Gasteiger partial charge in [-0.15, -0.1) is 0 Å². The molecule has 0 aliphatic rings. The fourth-order valence-corrected chi connectivity index (χ4v) is 2.12. The Balaban J connectivity index is 2.53. The van der Waals surface area contributed by atoms with Crippen LogP contribution in [0.2, 0.25) is 0 Å². The van der Waals surface area contributed by atoms with E-state index in [0.29, 0.717) is 4.83 Å². The standard InChI is InChI=1S/C14H13Br/c1-11(15)13-9-5-6-10-14(13)12-7-3-2-4-8-12/h2-11H,1H3. The maximum atomic E-state index is 3.63. The molecular formula is C14H13Br. The van der Waals surface area contributed by atoms with Crippen LogP contribution in [-0.2, 0) is 0 Å². The summed E-state index contributed by atoms with van der Waals surface area (Å²) in [5, 5.41) is 0. The molecule has 1 atom stereocenters. The molecule has 2 rings (SSSR count). The quantitative estimate of drug-likeness (QED) is 0.680. The summed E-state index contributed by atoms with van der Waals surface area (Å²) in [5.41, 5.74) is 3.92. The van der Waals surface area contributed by atoms with Crippen LogP contribution in [0.3, 0.4) is 0 Å². The molecule has 0 aromatic heterocycles. The van der Waals surface area contributed by atoms with Crippen molar-refractivity contribution in [2.45, 2.75) is 11.8 Å². The van der Waals surface area contributed by atoms with Gasteiger partial charge in [0.15, 0.2) is 0 Å². The minimum atomic E-state index is 0.383. The van der Waals surface area contributed by atoms with E-state index in [-0.39, 0.29) is 0 Å². The van der Waals surface area contributed by atoms with Crippen molar-refractivity contribution in [3.63, 3.8) is 0 Å². The molecule has 0 bridgehead atoms. The lowest BCUT2D eigenvalue weighted by molar-refractivity contribution is 1.13. The summed E-state index contributed by atoms with van der Waals surface area (Å²) >= 11 is 3.63. The smallest absolute Gasteiger partial charge is 0.0373 e. The van der Waals surface area contributed by atoms with Crippen LogP contribution in [-0.4, -0.2) is 0 Å². The highest BCUT2D eigenvalue weighted by molar-refractivity contribution is 9.09. The van der Waals surface area contributed by atoms with Gasteiger partial charge in [0.1, 0.15) is 0 Å². The Morgan fingerprint density at radius 2 is 1.47 bits per heavy atom. The summed E-state index contributed by atoms with van der Waals surface area (Å²) in [6, 6.07) is 19.0. The van der Waals surface area contributed by atoms with Crippen molar-refractivity contribution in [2.75, 3.05) is 0 Å². The van der Waals surface area contributed by atoms with Gasteiger partial charge in [0.2, 0.25) is 0 Å². The third-order valence-electron chi connectivity index (χ3n) is 2.47. The summed E-state index contributed by atoms with van der Waals surface area (Å²) in [6.45, 7) is 2.15. The number of alkyl halides is 1. The van der Waals surface area contributed by atoms with Gasteiger partial charge in [-0.3, -0.25) is 0 Å². The molecule has 1 unspecified atom stereocenters. The van der Waals surface area contributed by atoms with Crippen molar-refractivity contribution in [1.82, 2.24) is 0 Å². The van der Waals surface area contributed by atoms with Crippen LogP contribution in [0, 0.1) is 0 Å². The average molecular weight is 261 g/mol. The highest BCUT2D eigenvalue weighted by atomic mass is 79.9. The molecule has 0 radical (unpaired) electrons. The lowest BCUT2D eigenvalue weighted by Gasteiger charge is -2.11. The van der Waals surface area contributed by atoms with Gasteiger partial charge >= 0.3 is 0 Å². The van der Waals surface area contributed by atoms with E-state index in [1.807, 2.05) is 6.07 Å². The largest absolute Gasteiger partial charge is 0.0842 e. The maximum absolute atomic E-state index is 3.63. The van der Waals surface area contributed by atoms with E-state index in [1.54, 1.807) is 0 Å². The van der Waals surface area contributed by atoms with Gasteiger partial charge in [-0.1, -0.05) is 70.5 Å². The Morgan fingerprint density at radius 1 is 0.867 bits per heavy atom. The van der Waals surface area contributed by atoms with Crippen LogP contribution < -0.4 is 0 Å². The molecule has 2 aromatic rings. The zero-order valence-electron chi connectivity index (χ0n) is 8.65. The van der Waals surface area contributed by atoms with Gasteiger partial charge in [0.25, 0.3) is 0 Å². The predicted octanol–water partition coefficient (Wildman–Crippen LogP) is 4.81. The molecular weight excluding hydrogens is 248 g/mol. The number of hydrogen-bond donors (Lipinski definition) is 0. The second kappa shape index (κ2) is 4.63. The lowest BCUT2D eigenvalue weighted by atomic mass is 9.98. The Hall–Kier alpha value is -1.08. The van der Waals surface area contributed by atoms with Crippen LogP contribution in [0.25, 0.3) is 11.1 Å². The van der Waals surface area contributed by atoms with E-state index in [9.17, 15) is 0 Å². The monoisotopic (exact) mass is 260 g/mol. The van der Waals surface area contributed by atoms with Crippen LogP contribution in [0.5, 0.6) is 0 Å². The van der Waals surface area contributed by atoms with Crippen molar-refractivity contribution in [3.8, 4) is 11.1 Å². The molecule has 76 valence electrons. The number of benzene rings is 2. The zero-order valence-corrected chi connectivity index (χ0v) is 10.2. The third-order valence-corrected chi connectivity index (χ3v) is 2.97. The van der Waals surface area contributed by atoms with Crippen molar-refractivity contribution < 1.29 is 0 Å². The first-order valence-corrected chi connectivity index (χ1v) is 5.99. The predicted molar refractivity (Wildman–Crippen MR) is 69.2 cm³/mol. The fourth-order valence-electron chi connectivity index (χ4n) is 1.72. The average Bonchev–Trinajstić information content (AvgIpc) is 2.30. The van der Waals surface area contributed by atoms with Gasteiger partial charge in [0, 0.05) is 4.83 Å². The molecule has 2 aromatic carbocycles. The molecule has 0 spiro atoms. The van der Waals surface area contributed by atoms with Crippen molar-refractivity contribution in [1.29, 1.82) is 0 Å². The SMILES string of the molecule is CC(Br)c1ccccc1-c1ccccc1. The maximum Gasteiger partial charge on any atom is 0.0373 e. The third kappa shape index (κ3) is 2.29. The summed E-state index contributed by atoms with van der Waals surface area (Å²) in [6.07, 6.45) is 0. The summed E-state index contributed by atoms with van der Waals surface area (Å²) < 4.78 is 0. The summed E-state index contributed by atoms with van der Waals surface area (Å²) in [7, 11) is 0. The zero-order chi connectivity index (χ0) is 10.7. The number of rotatable bonds is 2. The first kappa shape index (κ1) is 10.4. The Labute approximate surface area is 99.1 Å². The highest BCUT2D eigenvalue weighted by Crippen LogP contribution is 2.31. The van der Waals surface area contributed by atoms with Gasteiger partial charge in [0.05, 0.1) is 0 Å². The summed E-state index contributed by atoms with van der Waals surface area (Å²) in [4.78, 5) is 0.383. The second-order valence-electron chi connectivity index (χ2n) is 3.57. The summed E-state index contributed by atoms with van der Waals surface area (Å²) in [5.74, 6) is 0. The minimum Gasteiger partial charge on any atom is -0.0842 e. The van der Waals surface area contributed by atoms with E-state index in [2.05, 4.69) is 71.4 Å². The van der Waals surface area contributed by atoms with Crippen molar-refractivity contribution in [3.05, 3.63) is 60.2 Å². The van der Waals surface area contributed by atoms with E-state index in [4.69, 9.17) is 0 Å². The molecule has 0 aliphatic heterocycles. The number of hydrogen-bond acceptors (Lipinski definition) is 0. The molecule has 0 aliphatic carbocycles. The molecule has 0 fully saturated rings. The normalized spacial score (nSPS) is 12.4. The first-order valence-electron chi connectivity index (χ1n) is 5.07. The topological polar surface area (TPSA) is 0 Å².